The average Bonchev–Trinajstić information content (AvgIpc) is 2.40. The summed E-state index contributed by atoms with van der Waals surface area (Å²) in [5.74, 6) is 0.623. The van der Waals surface area contributed by atoms with E-state index in [1.54, 1.807) is 13.2 Å². The van der Waals surface area contributed by atoms with Crippen molar-refractivity contribution in [3.05, 3.63) is 29.3 Å². The Hall–Kier alpha value is -1.59. The van der Waals surface area contributed by atoms with Gasteiger partial charge in [-0.1, -0.05) is 17.3 Å². The number of oxime groups is 1. The molecule has 0 radical (unpaired) electrons. The molecule has 1 aromatic carbocycles. The van der Waals surface area contributed by atoms with Crippen molar-refractivity contribution in [2.75, 3.05) is 20.3 Å². The van der Waals surface area contributed by atoms with Crippen LogP contribution in [-0.2, 0) is 9.47 Å². The van der Waals surface area contributed by atoms with Gasteiger partial charge < -0.3 is 19.4 Å². The number of benzene rings is 1. The molecule has 17 heavy (non-hydrogen) atoms. The molecule has 0 amide bonds. The van der Waals surface area contributed by atoms with Crippen LogP contribution in [0.4, 0.5) is 0 Å². The molecule has 5 nitrogen and oxygen atoms in total. The Morgan fingerprint density at radius 1 is 1.41 bits per heavy atom. The maximum atomic E-state index is 8.69. The lowest BCUT2D eigenvalue weighted by atomic mass is 10.1. The van der Waals surface area contributed by atoms with Gasteiger partial charge in [-0.3, -0.25) is 0 Å². The van der Waals surface area contributed by atoms with Gasteiger partial charge in [-0.25, -0.2) is 0 Å². The zero-order chi connectivity index (χ0) is 12.1. The number of methoxy groups -OCH3 is 1. The van der Waals surface area contributed by atoms with Gasteiger partial charge in [0.05, 0.1) is 26.5 Å². The summed E-state index contributed by atoms with van der Waals surface area (Å²) in [6.45, 7) is 1.33. The van der Waals surface area contributed by atoms with Crippen LogP contribution in [0, 0.1) is 0 Å². The third-order valence-corrected chi connectivity index (χ3v) is 2.59. The minimum atomic E-state index is -0.424. The molecule has 0 spiro atoms. The van der Waals surface area contributed by atoms with Crippen molar-refractivity contribution in [1.29, 1.82) is 0 Å². The number of ether oxygens (including phenoxy) is 3. The summed E-state index contributed by atoms with van der Waals surface area (Å²) in [5, 5.41) is 11.7. The van der Waals surface area contributed by atoms with Crippen molar-refractivity contribution in [3.8, 4) is 5.75 Å². The molecule has 92 valence electrons. The highest BCUT2D eigenvalue weighted by molar-refractivity contribution is 5.85. The highest BCUT2D eigenvalue weighted by Gasteiger charge is 2.21. The van der Waals surface area contributed by atoms with Crippen molar-refractivity contribution >= 4 is 6.21 Å². The van der Waals surface area contributed by atoms with E-state index in [0.717, 1.165) is 12.0 Å². The zero-order valence-electron chi connectivity index (χ0n) is 9.63. The second-order valence-corrected chi connectivity index (χ2v) is 3.63. The van der Waals surface area contributed by atoms with E-state index < -0.39 is 6.29 Å². The second kappa shape index (κ2) is 5.65. The van der Waals surface area contributed by atoms with Crippen molar-refractivity contribution < 1.29 is 19.4 Å². The third-order valence-electron chi connectivity index (χ3n) is 2.59. The summed E-state index contributed by atoms with van der Waals surface area (Å²) in [7, 11) is 1.57. The molecular formula is C12H15NO4. The maximum Gasteiger partial charge on any atom is 0.184 e. The fraction of sp³-hybridized carbons (Fsp3) is 0.417. The molecule has 0 unspecified atom stereocenters. The lowest BCUT2D eigenvalue weighted by Gasteiger charge is -2.25. The van der Waals surface area contributed by atoms with Crippen LogP contribution in [0.2, 0.25) is 0 Å². The molecule has 1 aromatic rings. The fourth-order valence-corrected chi connectivity index (χ4v) is 1.81. The minimum Gasteiger partial charge on any atom is -0.496 e. The van der Waals surface area contributed by atoms with Crippen molar-refractivity contribution in [2.45, 2.75) is 12.7 Å². The van der Waals surface area contributed by atoms with Crippen LogP contribution in [0.5, 0.6) is 5.75 Å². The van der Waals surface area contributed by atoms with Gasteiger partial charge in [-0.15, -0.1) is 0 Å². The second-order valence-electron chi connectivity index (χ2n) is 3.63. The minimum absolute atomic E-state index is 0.424. The molecule has 0 atom stereocenters. The number of hydrogen-bond donors (Lipinski definition) is 1. The molecule has 1 aliphatic heterocycles. The molecule has 5 heteroatoms. The van der Waals surface area contributed by atoms with Gasteiger partial charge in [0.1, 0.15) is 5.75 Å². The van der Waals surface area contributed by atoms with Crippen LogP contribution in [0.15, 0.2) is 23.4 Å². The Kier molecular flexibility index (Phi) is 3.95. The van der Waals surface area contributed by atoms with Gasteiger partial charge in [-0.05, 0) is 12.5 Å². The smallest absolute Gasteiger partial charge is 0.184 e. The van der Waals surface area contributed by atoms with Crippen LogP contribution in [-0.4, -0.2) is 31.7 Å². The Balaban J connectivity index is 2.37. The molecule has 1 fully saturated rings. The summed E-state index contributed by atoms with van der Waals surface area (Å²) in [4.78, 5) is 0. The molecule has 1 heterocycles. The first-order valence-corrected chi connectivity index (χ1v) is 5.44. The first-order chi connectivity index (χ1) is 8.36. The number of hydrogen-bond acceptors (Lipinski definition) is 5. The van der Waals surface area contributed by atoms with Crippen LogP contribution < -0.4 is 4.74 Å². The monoisotopic (exact) mass is 237 g/mol. The van der Waals surface area contributed by atoms with Crippen LogP contribution >= 0.6 is 0 Å². The molecule has 0 aliphatic carbocycles. The third kappa shape index (κ3) is 2.57. The molecule has 1 N–H and O–H groups in total. The number of nitrogens with zero attached hydrogens (tertiary/aromatic N) is 1. The quantitative estimate of drug-likeness (QED) is 0.496. The maximum absolute atomic E-state index is 8.69. The molecule has 0 saturated carbocycles. The van der Waals surface area contributed by atoms with Gasteiger partial charge in [0, 0.05) is 11.1 Å². The summed E-state index contributed by atoms with van der Waals surface area (Å²) < 4.78 is 16.3. The number of rotatable bonds is 3. The van der Waals surface area contributed by atoms with E-state index in [0.29, 0.717) is 24.5 Å². The first-order valence-electron chi connectivity index (χ1n) is 5.44. The van der Waals surface area contributed by atoms with Gasteiger partial charge in [-0.2, -0.15) is 0 Å². The largest absolute Gasteiger partial charge is 0.496 e. The topological polar surface area (TPSA) is 60.3 Å². The predicted octanol–water partition coefficient (Wildman–Crippen LogP) is 1.94. The Bertz CT molecular complexity index is 399. The standard InChI is InChI=1S/C12H15NO4/c1-15-11-5-2-4-9(10(11)8-13-14)12-16-6-3-7-17-12/h2,4-5,8,12,14H,3,6-7H2,1H3/b13-8+. The van der Waals surface area contributed by atoms with E-state index >= 15 is 0 Å². The zero-order valence-corrected chi connectivity index (χ0v) is 9.63. The van der Waals surface area contributed by atoms with Crippen molar-refractivity contribution in [3.63, 3.8) is 0 Å². The van der Waals surface area contributed by atoms with Gasteiger partial charge in [0.15, 0.2) is 6.29 Å². The van der Waals surface area contributed by atoms with Gasteiger partial charge in [0.25, 0.3) is 0 Å². The fourth-order valence-electron chi connectivity index (χ4n) is 1.81. The lowest BCUT2D eigenvalue weighted by Crippen LogP contribution is -2.19. The van der Waals surface area contributed by atoms with Crippen molar-refractivity contribution in [2.24, 2.45) is 5.16 Å². The Morgan fingerprint density at radius 3 is 2.82 bits per heavy atom. The lowest BCUT2D eigenvalue weighted by molar-refractivity contribution is -0.183. The van der Waals surface area contributed by atoms with E-state index in [9.17, 15) is 0 Å². The summed E-state index contributed by atoms with van der Waals surface area (Å²) in [5.41, 5.74) is 1.48. The summed E-state index contributed by atoms with van der Waals surface area (Å²) in [6, 6.07) is 5.52. The molecule has 2 rings (SSSR count). The van der Waals surface area contributed by atoms with Crippen LogP contribution in [0.1, 0.15) is 23.8 Å². The summed E-state index contributed by atoms with van der Waals surface area (Å²) in [6.07, 6.45) is 1.80. The van der Waals surface area contributed by atoms with Gasteiger partial charge in [0.2, 0.25) is 0 Å². The summed E-state index contributed by atoms with van der Waals surface area (Å²) >= 11 is 0. The average molecular weight is 237 g/mol. The van der Waals surface area contributed by atoms with Crippen LogP contribution in [0.3, 0.4) is 0 Å². The van der Waals surface area contributed by atoms with E-state index in [-0.39, 0.29) is 0 Å². The highest BCUT2D eigenvalue weighted by Crippen LogP contribution is 2.30. The molecule has 0 bridgehead atoms. The molecule has 0 aromatic heterocycles. The highest BCUT2D eigenvalue weighted by atomic mass is 16.7. The van der Waals surface area contributed by atoms with Gasteiger partial charge >= 0.3 is 0 Å². The molecule has 1 saturated heterocycles. The van der Waals surface area contributed by atoms with Crippen molar-refractivity contribution in [1.82, 2.24) is 0 Å². The van der Waals surface area contributed by atoms with E-state index in [2.05, 4.69) is 5.16 Å². The van der Waals surface area contributed by atoms with E-state index in [1.165, 1.54) is 6.21 Å². The van der Waals surface area contributed by atoms with E-state index in [4.69, 9.17) is 19.4 Å². The molecular weight excluding hydrogens is 222 g/mol. The van der Waals surface area contributed by atoms with Crippen LogP contribution in [0.25, 0.3) is 0 Å². The normalized spacial score (nSPS) is 17.5. The Morgan fingerprint density at radius 2 is 2.18 bits per heavy atom. The van der Waals surface area contributed by atoms with E-state index in [1.807, 2.05) is 12.1 Å². The molecule has 1 aliphatic rings. The predicted molar refractivity (Wildman–Crippen MR) is 61.6 cm³/mol. The Labute approximate surface area is 99.6 Å². The SMILES string of the molecule is COc1cccc(C2OCCCO2)c1/C=N/O. The first kappa shape index (κ1) is 11.9.